The molecule has 3 rings (SSSR count). The van der Waals surface area contributed by atoms with Crippen molar-refractivity contribution < 1.29 is 4.79 Å². The van der Waals surface area contributed by atoms with Crippen molar-refractivity contribution in [3.63, 3.8) is 0 Å². The summed E-state index contributed by atoms with van der Waals surface area (Å²) in [6, 6.07) is 6.58. The van der Waals surface area contributed by atoms with Crippen molar-refractivity contribution in [1.82, 2.24) is 9.97 Å². The molecular weight excluding hydrogens is 324 g/mol. The van der Waals surface area contributed by atoms with Gasteiger partial charge in [0.1, 0.15) is 0 Å². The Morgan fingerprint density at radius 2 is 2.00 bits per heavy atom. The molecule has 1 unspecified atom stereocenters. The van der Waals surface area contributed by atoms with E-state index in [4.69, 9.17) is 0 Å². The third kappa shape index (κ3) is 3.87. The first-order valence-corrected chi connectivity index (χ1v) is 9.62. The van der Waals surface area contributed by atoms with Gasteiger partial charge in [-0.15, -0.1) is 0 Å². The maximum atomic E-state index is 12.6. The minimum absolute atomic E-state index is 0.161. The van der Waals surface area contributed by atoms with Gasteiger partial charge in [-0.2, -0.15) is 0 Å². The summed E-state index contributed by atoms with van der Waals surface area (Å²) in [5.41, 5.74) is 3.58. The number of hydrogen-bond donors (Lipinski definition) is 1. The van der Waals surface area contributed by atoms with E-state index >= 15 is 0 Å². The molecular formula is C21H28N4O. The van der Waals surface area contributed by atoms with Gasteiger partial charge in [-0.25, -0.2) is 9.97 Å². The lowest BCUT2D eigenvalue weighted by atomic mass is 10.0. The zero-order chi connectivity index (χ0) is 18.5. The molecule has 2 heterocycles. The number of carbonyl (C=O) groups excluding carboxylic acids is 1. The van der Waals surface area contributed by atoms with Crippen LogP contribution in [0.1, 0.15) is 61.0 Å². The summed E-state index contributed by atoms with van der Waals surface area (Å²) in [5, 5.41) is 3.03. The number of piperidine rings is 1. The first-order valence-electron chi connectivity index (χ1n) is 9.62. The zero-order valence-electron chi connectivity index (χ0n) is 16.0. The van der Waals surface area contributed by atoms with Gasteiger partial charge in [0.05, 0.1) is 5.56 Å². The van der Waals surface area contributed by atoms with Gasteiger partial charge in [0, 0.05) is 30.7 Å². The Balaban J connectivity index is 1.75. The Morgan fingerprint density at radius 1 is 1.23 bits per heavy atom. The molecule has 1 amide bonds. The van der Waals surface area contributed by atoms with Crippen LogP contribution < -0.4 is 10.2 Å². The normalized spacial score (nSPS) is 17.2. The number of benzene rings is 1. The number of hydrogen-bond acceptors (Lipinski definition) is 4. The number of aromatic nitrogens is 2. The Kier molecular flexibility index (Phi) is 5.86. The maximum absolute atomic E-state index is 12.6. The predicted molar refractivity (Wildman–Crippen MR) is 106 cm³/mol. The van der Waals surface area contributed by atoms with Crippen molar-refractivity contribution in [3.05, 3.63) is 47.3 Å². The largest absolute Gasteiger partial charge is 0.338 e. The number of rotatable bonds is 5. The minimum atomic E-state index is -0.161. The summed E-state index contributed by atoms with van der Waals surface area (Å²) in [7, 11) is 0. The molecule has 2 aromatic rings. The molecule has 1 aromatic heterocycles. The Bertz CT molecular complexity index is 757. The number of carbonyl (C=O) groups is 1. The fraction of sp³-hybridized carbons (Fsp3) is 0.476. The van der Waals surface area contributed by atoms with Crippen LogP contribution in [0, 0.1) is 6.92 Å². The number of aryl methyl sites for hydroxylation is 2. The van der Waals surface area contributed by atoms with Crippen LogP contribution in [0.15, 0.2) is 30.6 Å². The minimum Gasteiger partial charge on any atom is -0.338 e. The monoisotopic (exact) mass is 352 g/mol. The lowest BCUT2D eigenvalue weighted by Gasteiger charge is -2.35. The van der Waals surface area contributed by atoms with Crippen LogP contribution in [0.4, 0.5) is 11.6 Å². The van der Waals surface area contributed by atoms with Crippen molar-refractivity contribution in [2.45, 2.75) is 58.9 Å². The van der Waals surface area contributed by atoms with Crippen LogP contribution in [-0.4, -0.2) is 28.5 Å². The van der Waals surface area contributed by atoms with E-state index in [-0.39, 0.29) is 5.91 Å². The predicted octanol–water partition coefficient (Wildman–Crippen LogP) is 4.37. The molecule has 0 bridgehead atoms. The van der Waals surface area contributed by atoms with Crippen LogP contribution in [-0.2, 0) is 6.42 Å². The lowest BCUT2D eigenvalue weighted by molar-refractivity contribution is 0.102. The Labute approximate surface area is 155 Å². The van der Waals surface area contributed by atoms with Crippen molar-refractivity contribution >= 4 is 17.5 Å². The molecule has 0 saturated carbocycles. The fourth-order valence-corrected chi connectivity index (χ4v) is 3.66. The topological polar surface area (TPSA) is 58.1 Å². The summed E-state index contributed by atoms with van der Waals surface area (Å²) in [5.74, 6) is 0.574. The summed E-state index contributed by atoms with van der Waals surface area (Å²) in [6.07, 6.45) is 8.89. The first kappa shape index (κ1) is 18.4. The van der Waals surface area contributed by atoms with Gasteiger partial charge in [0.2, 0.25) is 5.95 Å². The second-order valence-electron chi connectivity index (χ2n) is 6.94. The molecule has 0 spiro atoms. The highest BCUT2D eigenvalue weighted by Crippen LogP contribution is 2.24. The van der Waals surface area contributed by atoms with E-state index in [1.165, 1.54) is 19.3 Å². The molecule has 1 aliphatic rings. The van der Waals surface area contributed by atoms with Crippen LogP contribution in [0.2, 0.25) is 0 Å². The van der Waals surface area contributed by atoms with Crippen molar-refractivity contribution in [1.29, 1.82) is 0 Å². The van der Waals surface area contributed by atoms with Crippen LogP contribution in [0.25, 0.3) is 0 Å². The van der Waals surface area contributed by atoms with E-state index in [0.717, 1.165) is 42.1 Å². The van der Waals surface area contributed by atoms with Crippen molar-refractivity contribution in [2.24, 2.45) is 0 Å². The zero-order valence-corrected chi connectivity index (χ0v) is 16.0. The molecule has 1 aromatic carbocycles. The highest BCUT2D eigenvalue weighted by Gasteiger charge is 2.23. The molecule has 0 radical (unpaired) electrons. The summed E-state index contributed by atoms with van der Waals surface area (Å²) in [4.78, 5) is 23.9. The van der Waals surface area contributed by atoms with Crippen molar-refractivity contribution in [2.75, 3.05) is 16.8 Å². The molecule has 1 atom stereocenters. The standard InChI is InChI=1S/C21H28N4O/c1-4-16-10-8-9-15(3)19(16)24-20(26)17-13-22-21(23-14-17)25-12-7-6-11-18(25)5-2/h8-10,13-14,18H,4-7,11-12H2,1-3H3,(H,24,26). The van der Waals surface area contributed by atoms with Gasteiger partial charge >= 0.3 is 0 Å². The summed E-state index contributed by atoms with van der Waals surface area (Å²) < 4.78 is 0. The SMILES string of the molecule is CCc1cccc(C)c1NC(=O)c1cnc(N2CCCCC2CC)nc1. The number of anilines is 2. The van der Waals surface area contributed by atoms with Crippen molar-refractivity contribution in [3.8, 4) is 0 Å². The Hall–Kier alpha value is -2.43. The van der Waals surface area contributed by atoms with Gasteiger partial charge in [-0.3, -0.25) is 4.79 Å². The number of nitrogens with one attached hydrogen (secondary N) is 1. The second-order valence-corrected chi connectivity index (χ2v) is 6.94. The number of amides is 1. The molecule has 138 valence electrons. The average Bonchev–Trinajstić information content (AvgIpc) is 2.69. The third-order valence-corrected chi connectivity index (χ3v) is 5.23. The molecule has 1 saturated heterocycles. The van der Waals surface area contributed by atoms with E-state index < -0.39 is 0 Å². The summed E-state index contributed by atoms with van der Waals surface area (Å²) in [6.45, 7) is 7.30. The van der Waals surface area contributed by atoms with E-state index in [1.54, 1.807) is 12.4 Å². The number of nitrogens with zero attached hydrogens (tertiary/aromatic N) is 3. The average molecular weight is 352 g/mol. The van der Waals surface area contributed by atoms with Gasteiger partial charge in [-0.1, -0.05) is 32.0 Å². The first-order chi connectivity index (χ1) is 12.6. The highest BCUT2D eigenvalue weighted by atomic mass is 16.1. The molecule has 26 heavy (non-hydrogen) atoms. The van der Waals surface area contributed by atoms with Crippen LogP contribution in [0.5, 0.6) is 0 Å². The quantitative estimate of drug-likeness (QED) is 0.868. The smallest absolute Gasteiger partial charge is 0.258 e. The Morgan fingerprint density at radius 3 is 2.69 bits per heavy atom. The molecule has 0 aliphatic carbocycles. The molecule has 1 fully saturated rings. The van der Waals surface area contributed by atoms with E-state index in [2.05, 4.69) is 34.0 Å². The maximum Gasteiger partial charge on any atom is 0.258 e. The van der Waals surface area contributed by atoms with E-state index in [9.17, 15) is 4.79 Å². The van der Waals surface area contributed by atoms with E-state index in [1.807, 2.05) is 25.1 Å². The molecule has 5 heteroatoms. The van der Waals surface area contributed by atoms with Crippen LogP contribution >= 0.6 is 0 Å². The van der Waals surface area contributed by atoms with E-state index in [0.29, 0.717) is 11.6 Å². The van der Waals surface area contributed by atoms with Gasteiger partial charge in [0.15, 0.2) is 0 Å². The lowest BCUT2D eigenvalue weighted by Crippen LogP contribution is -2.40. The highest BCUT2D eigenvalue weighted by molar-refractivity contribution is 6.04. The van der Waals surface area contributed by atoms with Gasteiger partial charge in [-0.05, 0) is 50.2 Å². The summed E-state index contributed by atoms with van der Waals surface area (Å²) >= 11 is 0. The third-order valence-electron chi connectivity index (χ3n) is 5.23. The van der Waals surface area contributed by atoms with Gasteiger partial charge < -0.3 is 10.2 Å². The second kappa shape index (κ2) is 8.30. The number of para-hydroxylation sites is 1. The van der Waals surface area contributed by atoms with Gasteiger partial charge in [0.25, 0.3) is 5.91 Å². The fourth-order valence-electron chi connectivity index (χ4n) is 3.66. The molecule has 1 aliphatic heterocycles. The molecule has 5 nitrogen and oxygen atoms in total. The van der Waals surface area contributed by atoms with Crippen LogP contribution in [0.3, 0.4) is 0 Å². The molecule has 1 N–H and O–H groups in total.